The summed E-state index contributed by atoms with van der Waals surface area (Å²) in [6.45, 7) is 9.15. The Morgan fingerprint density at radius 1 is 1.57 bits per heavy atom. The molecular weight excluding hydrogens is 176 g/mol. The van der Waals surface area contributed by atoms with Gasteiger partial charge < -0.3 is 10.5 Å². The first-order valence-corrected chi connectivity index (χ1v) is 5.53. The summed E-state index contributed by atoms with van der Waals surface area (Å²) in [5.41, 5.74) is 6.02. The lowest BCUT2D eigenvalue weighted by Gasteiger charge is -2.44. The molecule has 0 aromatic rings. The highest BCUT2D eigenvalue weighted by Crippen LogP contribution is 2.30. The molecule has 0 aromatic heterocycles. The fraction of sp³-hybridized carbons (Fsp3) is 1.00. The third-order valence-electron chi connectivity index (χ3n) is 3.80. The van der Waals surface area contributed by atoms with Crippen molar-refractivity contribution in [1.29, 1.82) is 0 Å². The third kappa shape index (κ3) is 2.10. The SMILES string of the molecule is CC(C)N(C)C(C)(CN)C1CCOC1. The zero-order chi connectivity index (χ0) is 10.8. The molecule has 0 spiro atoms. The maximum Gasteiger partial charge on any atom is 0.0513 e. The van der Waals surface area contributed by atoms with Crippen LogP contribution in [0.2, 0.25) is 0 Å². The van der Waals surface area contributed by atoms with E-state index in [1.807, 2.05) is 0 Å². The molecule has 2 atom stereocenters. The molecule has 1 saturated heterocycles. The van der Waals surface area contributed by atoms with Crippen LogP contribution in [0.15, 0.2) is 0 Å². The number of nitrogens with two attached hydrogens (primary N) is 1. The van der Waals surface area contributed by atoms with E-state index in [4.69, 9.17) is 10.5 Å². The Hall–Kier alpha value is -0.120. The monoisotopic (exact) mass is 200 g/mol. The minimum atomic E-state index is 0.0880. The van der Waals surface area contributed by atoms with Gasteiger partial charge in [-0.3, -0.25) is 4.90 Å². The van der Waals surface area contributed by atoms with Gasteiger partial charge in [-0.1, -0.05) is 0 Å². The summed E-state index contributed by atoms with van der Waals surface area (Å²) in [4.78, 5) is 2.38. The number of nitrogens with zero attached hydrogens (tertiary/aromatic N) is 1. The van der Waals surface area contributed by atoms with Gasteiger partial charge in [0.25, 0.3) is 0 Å². The lowest BCUT2D eigenvalue weighted by atomic mass is 9.83. The van der Waals surface area contributed by atoms with Gasteiger partial charge in [0.05, 0.1) is 6.61 Å². The second kappa shape index (κ2) is 4.60. The molecule has 3 heteroatoms. The Labute approximate surface area is 87.6 Å². The van der Waals surface area contributed by atoms with E-state index in [-0.39, 0.29) is 5.54 Å². The zero-order valence-corrected chi connectivity index (χ0v) is 9.92. The molecule has 1 rings (SSSR count). The molecule has 0 saturated carbocycles. The molecule has 3 nitrogen and oxygen atoms in total. The Balaban J connectivity index is 2.73. The van der Waals surface area contributed by atoms with E-state index in [0.29, 0.717) is 18.5 Å². The highest BCUT2D eigenvalue weighted by Gasteiger charge is 2.39. The molecule has 0 aliphatic carbocycles. The third-order valence-corrected chi connectivity index (χ3v) is 3.80. The van der Waals surface area contributed by atoms with E-state index in [1.54, 1.807) is 0 Å². The fourth-order valence-electron chi connectivity index (χ4n) is 2.21. The van der Waals surface area contributed by atoms with Gasteiger partial charge in [-0.25, -0.2) is 0 Å². The van der Waals surface area contributed by atoms with Crippen LogP contribution in [0, 0.1) is 5.92 Å². The summed E-state index contributed by atoms with van der Waals surface area (Å²) < 4.78 is 5.45. The second-order valence-electron chi connectivity index (χ2n) is 4.83. The first-order valence-electron chi connectivity index (χ1n) is 5.53. The van der Waals surface area contributed by atoms with E-state index in [1.165, 1.54) is 0 Å². The van der Waals surface area contributed by atoms with E-state index < -0.39 is 0 Å². The van der Waals surface area contributed by atoms with Crippen LogP contribution < -0.4 is 5.73 Å². The molecular formula is C11H24N2O. The van der Waals surface area contributed by atoms with Crippen molar-refractivity contribution in [3.05, 3.63) is 0 Å². The van der Waals surface area contributed by atoms with Crippen LogP contribution in [0.5, 0.6) is 0 Å². The lowest BCUT2D eigenvalue weighted by molar-refractivity contribution is 0.0442. The molecule has 2 N–H and O–H groups in total. The zero-order valence-electron chi connectivity index (χ0n) is 9.92. The van der Waals surface area contributed by atoms with Crippen molar-refractivity contribution in [3.63, 3.8) is 0 Å². The van der Waals surface area contributed by atoms with Crippen LogP contribution >= 0.6 is 0 Å². The Morgan fingerprint density at radius 2 is 2.21 bits per heavy atom. The van der Waals surface area contributed by atoms with Crippen molar-refractivity contribution in [2.45, 2.75) is 38.8 Å². The van der Waals surface area contributed by atoms with Gasteiger partial charge in [-0.2, -0.15) is 0 Å². The molecule has 0 aromatic carbocycles. The highest BCUT2D eigenvalue weighted by atomic mass is 16.5. The maximum atomic E-state index is 5.93. The number of likely N-dealkylation sites (N-methyl/N-ethyl adjacent to an activating group) is 1. The lowest BCUT2D eigenvalue weighted by Crippen LogP contribution is -2.57. The molecule has 0 amide bonds. The van der Waals surface area contributed by atoms with Crippen molar-refractivity contribution in [3.8, 4) is 0 Å². The highest BCUT2D eigenvalue weighted by molar-refractivity contribution is 4.95. The van der Waals surface area contributed by atoms with E-state index in [2.05, 4.69) is 32.7 Å². The van der Waals surface area contributed by atoms with Crippen molar-refractivity contribution >= 4 is 0 Å². The molecule has 1 fully saturated rings. The topological polar surface area (TPSA) is 38.5 Å². The van der Waals surface area contributed by atoms with Crippen molar-refractivity contribution in [1.82, 2.24) is 4.90 Å². The number of ether oxygens (including phenoxy) is 1. The largest absolute Gasteiger partial charge is 0.381 e. The van der Waals surface area contributed by atoms with E-state index >= 15 is 0 Å². The summed E-state index contributed by atoms with van der Waals surface area (Å²) in [6, 6.07) is 0.532. The van der Waals surface area contributed by atoms with Gasteiger partial charge in [0.1, 0.15) is 0 Å². The average molecular weight is 200 g/mol. The minimum Gasteiger partial charge on any atom is -0.381 e. The van der Waals surface area contributed by atoms with Crippen molar-refractivity contribution in [2.75, 3.05) is 26.8 Å². The predicted molar refractivity (Wildman–Crippen MR) is 59.3 cm³/mol. The Bertz CT molecular complexity index is 174. The molecule has 14 heavy (non-hydrogen) atoms. The smallest absolute Gasteiger partial charge is 0.0513 e. The van der Waals surface area contributed by atoms with Crippen LogP contribution in [-0.4, -0.2) is 43.3 Å². The molecule has 2 unspecified atom stereocenters. The average Bonchev–Trinajstić information content (AvgIpc) is 2.68. The van der Waals surface area contributed by atoms with Gasteiger partial charge >= 0.3 is 0 Å². The van der Waals surface area contributed by atoms with Gasteiger partial charge in [0.15, 0.2) is 0 Å². The molecule has 84 valence electrons. The number of hydrogen-bond donors (Lipinski definition) is 1. The summed E-state index contributed by atoms with van der Waals surface area (Å²) in [5.74, 6) is 0.583. The number of rotatable bonds is 4. The van der Waals surface area contributed by atoms with Crippen molar-refractivity contribution in [2.24, 2.45) is 11.7 Å². The molecule has 1 heterocycles. The van der Waals surface area contributed by atoms with E-state index in [0.717, 1.165) is 19.6 Å². The Kier molecular flexibility index (Phi) is 3.93. The summed E-state index contributed by atoms with van der Waals surface area (Å²) in [6.07, 6.45) is 1.14. The molecule has 1 aliphatic heterocycles. The molecule has 1 aliphatic rings. The Morgan fingerprint density at radius 3 is 2.57 bits per heavy atom. The van der Waals surface area contributed by atoms with Crippen LogP contribution in [0.4, 0.5) is 0 Å². The molecule has 0 radical (unpaired) electrons. The van der Waals surface area contributed by atoms with Crippen LogP contribution in [-0.2, 0) is 4.74 Å². The first-order chi connectivity index (χ1) is 6.52. The minimum absolute atomic E-state index is 0.0880. The van der Waals surface area contributed by atoms with Gasteiger partial charge in [0.2, 0.25) is 0 Å². The second-order valence-corrected chi connectivity index (χ2v) is 4.83. The first kappa shape index (κ1) is 12.0. The number of hydrogen-bond acceptors (Lipinski definition) is 3. The van der Waals surface area contributed by atoms with E-state index in [9.17, 15) is 0 Å². The van der Waals surface area contributed by atoms with Crippen LogP contribution in [0.3, 0.4) is 0 Å². The van der Waals surface area contributed by atoms with Gasteiger partial charge in [0, 0.05) is 30.7 Å². The fourth-order valence-corrected chi connectivity index (χ4v) is 2.21. The van der Waals surface area contributed by atoms with Gasteiger partial charge in [-0.15, -0.1) is 0 Å². The summed E-state index contributed by atoms with van der Waals surface area (Å²) in [7, 11) is 2.16. The van der Waals surface area contributed by atoms with Crippen LogP contribution in [0.25, 0.3) is 0 Å². The van der Waals surface area contributed by atoms with Gasteiger partial charge in [-0.05, 0) is 34.2 Å². The van der Waals surface area contributed by atoms with Crippen molar-refractivity contribution < 1.29 is 4.74 Å². The molecule has 0 bridgehead atoms. The maximum absolute atomic E-state index is 5.93. The predicted octanol–water partition coefficient (Wildman–Crippen LogP) is 1.08. The summed E-state index contributed by atoms with van der Waals surface area (Å²) in [5, 5.41) is 0. The normalized spacial score (nSPS) is 27.2. The van der Waals surface area contributed by atoms with Crippen LogP contribution in [0.1, 0.15) is 27.2 Å². The standard InChI is InChI=1S/C11H24N2O/c1-9(2)13(4)11(3,8-12)10-5-6-14-7-10/h9-10H,5-8,12H2,1-4H3. The summed E-state index contributed by atoms with van der Waals surface area (Å²) >= 11 is 0. The quantitative estimate of drug-likeness (QED) is 0.738.